The monoisotopic (exact) mass is 313 g/mol. The maximum atomic E-state index is 11.9. The third-order valence-electron chi connectivity index (χ3n) is 3.15. The minimum absolute atomic E-state index is 0.0388. The average molecular weight is 314 g/mol. The summed E-state index contributed by atoms with van der Waals surface area (Å²) >= 11 is 3.24. The molecule has 18 heavy (non-hydrogen) atoms. The van der Waals surface area contributed by atoms with Gasteiger partial charge in [-0.2, -0.15) is 0 Å². The fourth-order valence-electron chi connectivity index (χ4n) is 2.17. The first-order valence-corrected chi connectivity index (χ1v) is 6.83. The zero-order chi connectivity index (χ0) is 13.0. The Bertz CT molecular complexity index is 424. The van der Waals surface area contributed by atoms with E-state index in [0.717, 1.165) is 25.7 Å². The third-order valence-corrected chi connectivity index (χ3v) is 3.58. The fourth-order valence-corrected chi connectivity index (χ4v) is 2.54. The molecule has 1 aromatic rings. The van der Waals surface area contributed by atoms with Crippen LogP contribution in [0, 0.1) is 0 Å². The van der Waals surface area contributed by atoms with Crippen LogP contribution in [0.5, 0.6) is 0 Å². The van der Waals surface area contributed by atoms with Gasteiger partial charge in [0.1, 0.15) is 10.7 Å². The van der Waals surface area contributed by atoms with Gasteiger partial charge in [-0.3, -0.25) is 0 Å². The number of pyridine rings is 1. The number of ether oxygens (including phenoxy) is 2. The Morgan fingerprint density at radius 2 is 2.22 bits per heavy atom. The normalized spacial score (nSPS) is 23.7. The van der Waals surface area contributed by atoms with E-state index in [0.29, 0.717) is 10.2 Å². The molecule has 1 saturated carbocycles. The first-order valence-electron chi connectivity index (χ1n) is 6.04. The smallest absolute Gasteiger partial charge is 0.338 e. The lowest BCUT2D eigenvalue weighted by atomic mass is 9.95. The van der Waals surface area contributed by atoms with Gasteiger partial charge in [0.05, 0.1) is 11.7 Å². The van der Waals surface area contributed by atoms with E-state index in [1.165, 1.54) is 0 Å². The minimum Gasteiger partial charge on any atom is -0.459 e. The van der Waals surface area contributed by atoms with Crippen LogP contribution in [0.25, 0.3) is 0 Å². The summed E-state index contributed by atoms with van der Waals surface area (Å²) < 4.78 is 11.5. The third kappa shape index (κ3) is 3.53. The van der Waals surface area contributed by atoms with E-state index in [9.17, 15) is 4.79 Å². The summed E-state index contributed by atoms with van der Waals surface area (Å²) in [6.45, 7) is 0. The average Bonchev–Trinajstić information content (AvgIpc) is 2.39. The topological polar surface area (TPSA) is 48.4 Å². The molecule has 1 fully saturated rings. The van der Waals surface area contributed by atoms with Crippen molar-refractivity contribution in [3.05, 3.63) is 28.5 Å². The summed E-state index contributed by atoms with van der Waals surface area (Å²) in [7, 11) is 1.70. The lowest BCUT2D eigenvalue weighted by Gasteiger charge is -2.27. The fraction of sp³-hybridized carbons (Fsp3) is 0.538. The molecule has 98 valence electrons. The highest BCUT2D eigenvalue weighted by atomic mass is 79.9. The van der Waals surface area contributed by atoms with E-state index in [4.69, 9.17) is 9.47 Å². The van der Waals surface area contributed by atoms with Gasteiger partial charge in [0.2, 0.25) is 0 Å². The largest absolute Gasteiger partial charge is 0.459 e. The predicted octanol–water partition coefficient (Wildman–Crippen LogP) is 2.96. The summed E-state index contributed by atoms with van der Waals surface area (Å²) in [5.41, 5.74) is 0.524. The molecule has 1 aliphatic carbocycles. The molecule has 1 aliphatic rings. The number of carbonyl (C=O) groups is 1. The Morgan fingerprint density at radius 3 is 2.94 bits per heavy atom. The lowest BCUT2D eigenvalue weighted by molar-refractivity contribution is -0.0149. The summed E-state index contributed by atoms with van der Waals surface area (Å²) in [4.78, 5) is 15.9. The number of nitrogens with zero attached hydrogens (tertiary/aromatic N) is 1. The van der Waals surface area contributed by atoms with Gasteiger partial charge >= 0.3 is 5.97 Å². The van der Waals surface area contributed by atoms with Gasteiger partial charge in [0, 0.05) is 19.7 Å². The number of rotatable bonds is 3. The molecular formula is C13H16BrNO3. The van der Waals surface area contributed by atoms with Crippen molar-refractivity contribution < 1.29 is 14.3 Å². The minimum atomic E-state index is -0.292. The first-order chi connectivity index (χ1) is 8.69. The van der Waals surface area contributed by atoms with Crippen LogP contribution < -0.4 is 0 Å². The van der Waals surface area contributed by atoms with Gasteiger partial charge in [-0.15, -0.1) is 0 Å². The second kappa shape index (κ2) is 6.29. The number of hydrogen-bond acceptors (Lipinski definition) is 4. The van der Waals surface area contributed by atoms with E-state index in [1.807, 2.05) is 0 Å². The van der Waals surface area contributed by atoms with Crippen molar-refractivity contribution in [3.8, 4) is 0 Å². The molecule has 0 spiro atoms. The first kappa shape index (κ1) is 13.5. The Balaban J connectivity index is 1.95. The highest BCUT2D eigenvalue weighted by Crippen LogP contribution is 2.24. The SMILES string of the molecule is COC1CCCC(OC(=O)c2ccnc(Br)c2)C1. The molecule has 0 bridgehead atoms. The molecule has 2 unspecified atom stereocenters. The highest BCUT2D eigenvalue weighted by molar-refractivity contribution is 9.10. The van der Waals surface area contributed by atoms with Crippen molar-refractivity contribution in [2.24, 2.45) is 0 Å². The zero-order valence-corrected chi connectivity index (χ0v) is 11.9. The van der Waals surface area contributed by atoms with E-state index >= 15 is 0 Å². The summed E-state index contributed by atoms with van der Waals surface area (Å²) in [6, 6.07) is 3.32. The van der Waals surface area contributed by atoms with Crippen LogP contribution in [0.3, 0.4) is 0 Å². The quantitative estimate of drug-likeness (QED) is 0.636. The number of esters is 1. The maximum Gasteiger partial charge on any atom is 0.338 e. The number of halogens is 1. The highest BCUT2D eigenvalue weighted by Gasteiger charge is 2.25. The Labute approximate surface area is 115 Å². The van der Waals surface area contributed by atoms with Crippen molar-refractivity contribution in [2.45, 2.75) is 37.9 Å². The second-order valence-electron chi connectivity index (χ2n) is 4.42. The maximum absolute atomic E-state index is 11.9. The standard InChI is InChI=1S/C13H16BrNO3/c1-17-10-3-2-4-11(8-10)18-13(16)9-5-6-15-12(14)7-9/h5-7,10-11H,2-4,8H2,1H3. The van der Waals surface area contributed by atoms with Crippen LogP contribution in [0.1, 0.15) is 36.0 Å². The van der Waals surface area contributed by atoms with Crippen molar-refractivity contribution >= 4 is 21.9 Å². The van der Waals surface area contributed by atoms with Gasteiger partial charge in [-0.1, -0.05) is 0 Å². The van der Waals surface area contributed by atoms with Crippen molar-refractivity contribution in [2.75, 3.05) is 7.11 Å². The van der Waals surface area contributed by atoms with E-state index in [1.54, 1.807) is 25.4 Å². The van der Waals surface area contributed by atoms with Gasteiger partial charge in [-0.05, 0) is 47.3 Å². The molecule has 1 aromatic heterocycles. The van der Waals surface area contributed by atoms with Crippen LogP contribution in [0.15, 0.2) is 22.9 Å². The zero-order valence-electron chi connectivity index (χ0n) is 10.3. The molecule has 0 saturated heterocycles. The van der Waals surface area contributed by atoms with Gasteiger partial charge in [0.25, 0.3) is 0 Å². The van der Waals surface area contributed by atoms with Crippen LogP contribution in [0.4, 0.5) is 0 Å². The second-order valence-corrected chi connectivity index (χ2v) is 5.23. The number of hydrogen-bond donors (Lipinski definition) is 0. The molecule has 0 aromatic carbocycles. The van der Waals surface area contributed by atoms with Crippen molar-refractivity contribution in [1.29, 1.82) is 0 Å². The molecule has 0 amide bonds. The summed E-state index contributed by atoms with van der Waals surface area (Å²) in [6.07, 6.45) is 5.54. The van der Waals surface area contributed by atoms with Crippen molar-refractivity contribution in [1.82, 2.24) is 4.98 Å². The van der Waals surface area contributed by atoms with Gasteiger partial charge in [-0.25, -0.2) is 9.78 Å². The Kier molecular flexibility index (Phi) is 4.72. The van der Waals surface area contributed by atoms with Crippen LogP contribution in [0.2, 0.25) is 0 Å². The predicted molar refractivity (Wildman–Crippen MR) is 70.4 cm³/mol. The molecule has 1 heterocycles. The van der Waals surface area contributed by atoms with E-state index in [-0.39, 0.29) is 18.2 Å². The molecule has 2 rings (SSSR count). The van der Waals surface area contributed by atoms with Gasteiger partial charge < -0.3 is 9.47 Å². The summed E-state index contributed by atoms with van der Waals surface area (Å²) in [5, 5.41) is 0. The number of carbonyl (C=O) groups excluding carboxylic acids is 1. The molecule has 0 N–H and O–H groups in total. The number of methoxy groups -OCH3 is 1. The molecular weight excluding hydrogens is 298 g/mol. The van der Waals surface area contributed by atoms with Crippen LogP contribution in [-0.2, 0) is 9.47 Å². The number of aromatic nitrogens is 1. The van der Waals surface area contributed by atoms with E-state index < -0.39 is 0 Å². The molecule has 0 aliphatic heterocycles. The molecule has 2 atom stereocenters. The summed E-state index contributed by atoms with van der Waals surface area (Å²) in [5.74, 6) is -0.292. The van der Waals surface area contributed by atoms with Crippen LogP contribution >= 0.6 is 15.9 Å². The van der Waals surface area contributed by atoms with Gasteiger partial charge in [0.15, 0.2) is 0 Å². The molecule has 0 radical (unpaired) electrons. The molecule has 4 nitrogen and oxygen atoms in total. The van der Waals surface area contributed by atoms with Crippen LogP contribution in [-0.4, -0.2) is 30.3 Å². The Hall–Kier alpha value is -0.940. The Morgan fingerprint density at radius 1 is 1.44 bits per heavy atom. The lowest BCUT2D eigenvalue weighted by Crippen LogP contribution is -2.29. The van der Waals surface area contributed by atoms with Crippen molar-refractivity contribution in [3.63, 3.8) is 0 Å². The molecule has 5 heteroatoms. The van der Waals surface area contributed by atoms with E-state index in [2.05, 4.69) is 20.9 Å².